The van der Waals surface area contributed by atoms with Crippen LogP contribution in [0.15, 0.2) is 12.4 Å². The van der Waals surface area contributed by atoms with Crippen LogP contribution in [-0.4, -0.2) is 41.7 Å². The quantitative estimate of drug-likeness (QED) is 0.795. The monoisotopic (exact) mass is 225 g/mol. The normalized spacial score (nSPS) is 28.8. The molecule has 0 aromatic carbocycles. The third-order valence-corrected chi connectivity index (χ3v) is 2.96. The summed E-state index contributed by atoms with van der Waals surface area (Å²) in [6.45, 7) is 3.06. The minimum atomic E-state index is 0.137. The van der Waals surface area contributed by atoms with Crippen molar-refractivity contribution in [3.63, 3.8) is 0 Å². The number of ether oxygens (including phenoxy) is 2. The predicted octanol–water partition coefficient (Wildman–Crippen LogP) is 0.564. The van der Waals surface area contributed by atoms with Crippen LogP contribution in [0.25, 0.3) is 0 Å². The highest BCUT2D eigenvalue weighted by atomic mass is 16.5. The topological polar surface area (TPSA) is 48.3 Å². The summed E-state index contributed by atoms with van der Waals surface area (Å²) in [6, 6.07) is 0.414. The highest BCUT2D eigenvalue weighted by Crippen LogP contribution is 2.28. The van der Waals surface area contributed by atoms with Crippen LogP contribution in [0.5, 0.6) is 5.75 Å². The number of rotatable bonds is 5. The SMILES string of the molecule is CCNC1CC(Oc2cnn(C)c2)C1OC. The summed E-state index contributed by atoms with van der Waals surface area (Å²) in [6.07, 6.45) is 4.86. The van der Waals surface area contributed by atoms with Gasteiger partial charge in [0.15, 0.2) is 5.75 Å². The molecule has 1 N–H and O–H groups in total. The molecule has 0 bridgehead atoms. The van der Waals surface area contributed by atoms with Crippen molar-refractivity contribution in [3.05, 3.63) is 12.4 Å². The van der Waals surface area contributed by atoms with Crippen LogP contribution in [0.3, 0.4) is 0 Å². The molecule has 0 spiro atoms. The second kappa shape index (κ2) is 4.84. The summed E-state index contributed by atoms with van der Waals surface area (Å²) < 4.78 is 13.0. The van der Waals surface area contributed by atoms with E-state index in [1.54, 1.807) is 18.0 Å². The van der Waals surface area contributed by atoms with E-state index in [0.29, 0.717) is 6.04 Å². The van der Waals surface area contributed by atoms with Gasteiger partial charge < -0.3 is 14.8 Å². The molecule has 3 unspecified atom stereocenters. The highest BCUT2D eigenvalue weighted by Gasteiger charge is 2.42. The number of aryl methyl sites for hydroxylation is 1. The average Bonchev–Trinajstić information content (AvgIpc) is 2.63. The van der Waals surface area contributed by atoms with Crippen molar-refractivity contribution in [2.24, 2.45) is 7.05 Å². The lowest BCUT2D eigenvalue weighted by atomic mass is 9.85. The number of aromatic nitrogens is 2. The van der Waals surface area contributed by atoms with Gasteiger partial charge in [-0.1, -0.05) is 6.92 Å². The number of likely N-dealkylation sites (N-methyl/N-ethyl adjacent to an activating group) is 1. The smallest absolute Gasteiger partial charge is 0.157 e. The maximum atomic E-state index is 5.80. The number of hydrogen-bond donors (Lipinski definition) is 1. The Morgan fingerprint density at radius 3 is 3.00 bits per heavy atom. The lowest BCUT2D eigenvalue weighted by Gasteiger charge is -2.43. The molecular formula is C11H19N3O2. The second-order valence-electron chi connectivity index (χ2n) is 4.11. The maximum absolute atomic E-state index is 5.80. The molecule has 0 saturated heterocycles. The van der Waals surface area contributed by atoms with Gasteiger partial charge in [-0.3, -0.25) is 4.68 Å². The van der Waals surface area contributed by atoms with Crippen LogP contribution < -0.4 is 10.1 Å². The molecule has 16 heavy (non-hydrogen) atoms. The molecule has 0 aliphatic heterocycles. The first kappa shape index (κ1) is 11.4. The molecule has 1 saturated carbocycles. The zero-order valence-corrected chi connectivity index (χ0v) is 10.0. The van der Waals surface area contributed by atoms with Crippen LogP contribution in [0.2, 0.25) is 0 Å². The summed E-state index contributed by atoms with van der Waals surface area (Å²) in [4.78, 5) is 0. The van der Waals surface area contributed by atoms with Gasteiger partial charge in [0.1, 0.15) is 12.2 Å². The van der Waals surface area contributed by atoms with E-state index in [4.69, 9.17) is 9.47 Å². The van der Waals surface area contributed by atoms with E-state index in [-0.39, 0.29) is 12.2 Å². The van der Waals surface area contributed by atoms with Gasteiger partial charge in [-0.05, 0) is 6.54 Å². The highest BCUT2D eigenvalue weighted by molar-refractivity contribution is 5.14. The Bertz CT molecular complexity index is 340. The third-order valence-electron chi connectivity index (χ3n) is 2.96. The Hall–Kier alpha value is -1.07. The molecule has 1 aromatic rings. The molecule has 1 aliphatic carbocycles. The Kier molecular flexibility index (Phi) is 3.46. The fraction of sp³-hybridized carbons (Fsp3) is 0.727. The first-order valence-electron chi connectivity index (χ1n) is 5.66. The Balaban J connectivity index is 1.88. The summed E-state index contributed by atoms with van der Waals surface area (Å²) in [5.74, 6) is 0.810. The van der Waals surface area contributed by atoms with Crippen LogP contribution in [0.4, 0.5) is 0 Å². The average molecular weight is 225 g/mol. The van der Waals surface area contributed by atoms with Crippen LogP contribution in [0, 0.1) is 0 Å². The molecule has 5 heteroatoms. The summed E-state index contributed by atoms with van der Waals surface area (Å²) in [7, 11) is 3.61. The minimum absolute atomic E-state index is 0.137. The molecule has 3 atom stereocenters. The van der Waals surface area contributed by atoms with Crippen molar-refractivity contribution in [2.45, 2.75) is 31.6 Å². The zero-order valence-electron chi connectivity index (χ0n) is 10.0. The Morgan fingerprint density at radius 1 is 1.62 bits per heavy atom. The molecule has 0 amide bonds. The largest absolute Gasteiger partial charge is 0.484 e. The van der Waals surface area contributed by atoms with E-state index in [9.17, 15) is 0 Å². The van der Waals surface area contributed by atoms with Gasteiger partial charge >= 0.3 is 0 Å². The van der Waals surface area contributed by atoms with Crippen molar-refractivity contribution in [3.8, 4) is 5.75 Å². The fourth-order valence-electron chi connectivity index (χ4n) is 2.11. The first-order valence-corrected chi connectivity index (χ1v) is 5.66. The van der Waals surface area contributed by atoms with Crippen molar-refractivity contribution in [2.75, 3.05) is 13.7 Å². The summed E-state index contributed by atoms with van der Waals surface area (Å²) in [5.41, 5.74) is 0. The van der Waals surface area contributed by atoms with Crippen molar-refractivity contribution >= 4 is 0 Å². The first-order chi connectivity index (χ1) is 7.74. The van der Waals surface area contributed by atoms with E-state index >= 15 is 0 Å². The van der Waals surface area contributed by atoms with Crippen LogP contribution in [0.1, 0.15) is 13.3 Å². The van der Waals surface area contributed by atoms with Crippen molar-refractivity contribution in [1.29, 1.82) is 0 Å². The molecule has 1 aromatic heterocycles. The van der Waals surface area contributed by atoms with E-state index in [1.165, 1.54) is 0 Å². The van der Waals surface area contributed by atoms with Gasteiger partial charge in [0.2, 0.25) is 0 Å². The van der Waals surface area contributed by atoms with E-state index in [1.807, 2.05) is 13.2 Å². The van der Waals surface area contributed by atoms with Gasteiger partial charge in [0.25, 0.3) is 0 Å². The molecular weight excluding hydrogens is 206 g/mol. The van der Waals surface area contributed by atoms with E-state index in [2.05, 4.69) is 17.3 Å². The maximum Gasteiger partial charge on any atom is 0.157 e. The summed E-state index contributed by atoms with van der Waals surface area (Å²) >= 11 is 0. The minimum Gasteiger partial charge on any atom is -0.484 e. The van der Waals surface area contributed by atoms with Gasteiger partial charge in [-0.15, -0.1) is 0 Å². The lowest BCUT2D eigenvalue weighted by molar-refractivity contribution is -0.0884. The molecule has 5 nitrogen and oxygen atoms in total. The standard InChI is InChI=1S/C11H19N3O2/c1-4-12-9-5-10(11(9)15-3)16-8-6-13-14(2)7-8/h6-7,9-12H,4-5H2,1-3H3. The predicted molar refractivity (Wildman–Crippen MR) is 60.5 cm³/mol. The Labute approximate surface area is 95.7 Å². The van der Waals surface area contributed by atoms with Gasteiger partial charge in [0, 0.05) is 26.6 Å². The van der Waals surface area contributed by atoms with Gasteiger partial charge in [0.05, 0.1) is 12.4 Å². The van der Waals surface area contributed by atoms with Crippen molar-refractivity contribution in [1.82, 2.24) is 15.1 Å². The van der Waals surface area contributed by atoms with Crippen molar-refractivity contribution < 1.29 is 9.47 Å². The molecule has 2 rings (SSSR count). The molecule has 0 radical (unpaired) electrons. The third kappa shape index (κ3) is 2.20. The van der Waals surface area contributed by atoms with Crippen LogP contribution >= 0.6 is 0 Å². The van der Waals surface area contributed by atoms with E-state index < -0.39 is 0 Å². The van der Waals surface area contributed by atoms with Crippen LogP contribution in [-0.2, 0) is 11.8 Å². The van der Waals surface area contributed by atoms with Gasteiger partial charge in [-0.25, -0.2) is 0 Å². The number of hydrogen-bond acceptors (Lipinski definition) is 4. The zero-order chi connectivity index (χ0) is 11.5. The molecule has 1 heterocycles. The summed E-state index contributed by atoms with van der Waals surface area (Å²) in [5, 5.41) is 7.45. The van der Waals surface area contributed by atoms with Gasteiger partial charge in [-0.2, -0.15) is 5.10 Å². The molecule has 1 aliphatic rings. The molecule has 1 fully saturated rings. The fourth-order valence-corrected chi connectivity index (χ4v) is 2.11. The lowest BCUT2D eigenvalue weighted by Crippen LogP contribution is -2.60. The number of nitrogens with zero attached hydrogens (tertiary/aromatic N) is 2. The molecule has 90 valence electrons. The Morgan fingerprint density at radius 2 is 2.44 bits per heavy atom. The number of nitrogens with one attached hydrogen (secondary N) is 1. The van der Waals surface area contributed by atoms with E-state index in [0.717, 1.165) is 18.7 Å². The second-order valence-corrected chi connectivity index (χ2v) is 4.11. The number of methoxy groups -OCH3 is 1.